The van der Waals surface area contributed by atoms with Crippen LogP contribution in [-0.2, 0) is 14.3 Å². The van der Waals surface area contributed by atoms with E-state index in [-0.39, 0.29) is 23.9 Å². The molecule has 8 heteroatoms. The second-order valence-corrected chi connectivity index (χ2v) is 4.31. The van der Waals surface area contributed by atoms with E-state index in [0.29, 0.717) is 5.56 Å². The smallest absolute Gasteiger partial charge is 0.306 e. The molecular formula is C13H15N3O4S. The summed E-state index contributed by atoms with van der Waals surface area (Å²) in [5.41, 5.74) is 5.19. The Morgan fingerprint density at radius 3 is 2.38 bits per heavy atom. The average molecular weight is 309 g/mol. The van der Waals surface area contributed by atoms with Crippen molar-refractivity contribution < 1.29 is 19.1 Å². The van der Waals surface area contributed by atoms with Gasteiger partial charge in [0, 0.05) is 12.0 Å². The van der Waals surface area contributed by atoms with E-state index >= 15 is 0 Å². The van der Waals surface area contributed by atoms with E-state index in [2.05, 4.69) is 20.9 Å². The normalized spacial score (nSPS) is 9.38. The minimum atomic E-state index is -0.485. The van der Waals surface area contributed by atoms with Crippen molar-refractivity contribution >= 4 is 35.1 Å². The molecule has 7 nitrogen and oxygen atoms in total. The zero-order valence-corrected chi connectivity index (χ0v) is 12.2. The molecule has 0 fully saturated rings. The van der Waals surface area contributed by atoms with Gasteiger partial charge < -0.3 is 10.1 Å². The highest BCUT2D eigenvalue weighted by Gasteiger charge is 2.09. The maximum absolute atomic E-state index is 11.7. The van der Waals surface area contributed by atoms with Crippen LogP contribution in [-0.4, -0.2) is 30.0 Å². The summed E-state index contributed by atoms with van der Waals surface area (Å²) < 4.78 is 4.41. The van der Waals surface area contributed by atoms with Crippen LogP contribution in [0.4, 0.5) is 0 Å². The van der Waals surface area contributed by atoms with E-state index < -0.39 is 11.9 Å². The van der Waals surface area contributed by atoms with Crippen LogP contribution in [0.5, 0.6) is 0 Å². The molecule has 112 valence electrons. The van der Waals surface area contributed by atoms with Gasteiger partial charge in [-0.2, -0.15) is 0 Å². The molecule has 3 N–H and O–H groups in total. The fourth-order valence-electron chi connectivity index (χ4n) is 1.31. The Kier molecular flexibility index (Phi) is 6.82. The molecule has 0 unspecified atom stereocenters. The third-order valence-electron chi connectivity index (χ3n) is 2.36. The number of ether oxygens (including phenoxy) is 1. The number of rotatable bonds is 4. The monoisotopic (exact) mass is 309 g/mol. The van der Waals surface area contributed by atoms with Crippen LogP contribution in [0, 0.1) is 0 Å². The van der Waals surface area contributed by atoms with Crippen molar-refractivity contribution in [3.05, 3.63) is 35.9 Å². The Morgan fingerprint density at radius 2 is 1.76 bits per heavy atom. The molecule has 0 saturated heterocycles. The summed E-state index contributed by atoms with van der Waals surface area (Å²) in [7, 11) is 1.24. The van der Waals surface area contributed by atoms with Crippen molar-refractivity contribution in [1.82, 2.24) is 16.2 Å². The predicted octanol–water partition coefficient (Wildman–Crippen LogP) is 0.275. The third-order valence-corrected chi connectivity index (χ3v) is 2.57. The fourth-order valence-corrected chi connectivity index (χ4v) is 1.48. The largest absolute Gasteiger partial charge is 0.469 e. The van der Waals surface area contributed by atoms with Crippen LogP contribution in [0.15, 0.2) is 30.3 Å². The lowest BCUT2D eigenvalue weighted by molar-refractivity contribution is -0.142. The Labute approximate surface area is 127 Å². The molecule has 0 aliphatic rings. The zero-order chi connectivity index (χ0) is 15.7. The van der Waals surface area contributed by atoms with Crippen molar-refractivity contribution in [2.75, 3.05) is 7.11 Å². The SMILES string of the molecule is COC(=O)CCC(=O)NC(=S)NNC(=O)c1ccccc1. The number of thiocarbonyl (C=S) groups is 1. The first kappa shape index (κ1) is 16.6. The van der Waals surface area contributed by atoms with Crippen LogP contribution in [0.1, 0.15) is 23.2 Å². The number of amides is 2. The zero-order valence-electron chi connectivity index (χ0n) is 11.3. The minimum absolute atomic E-state index is 0.0404. The van der Waals surface area contributed by atoms with Crippen molar-refractivity contribution in [1.29, 1.82) is 0 Å². The van der Waals surface area contributed by atoms with E-state index in [1.54, 1.807) is 30.3 Å². The molecule has 2 amide bonds. The lowest BCUT2D eigenvalue weighted by Crippen LogP contribution is -2.48. The number of nitrogens with one attached hydrogen (secondary N) is 3. The highest BCUT2D eigenvalue weighted by atomic mass is 32.1. The van der Waals surface area contributed by atoms with Crippen LogP contribution in [0.25, 0.3) is 0 Å². The summed E-state index contributed by atoms with van der Waals surface area (Å²) >= 11 is 4.83. The van der Waals surface area contributed by atoms with E-state index in [9.17, 15) is 14.4 Å². The fraction of sp³-hybridized carbons (Fsp3) is 0.231. The second kappa shape index (κ2) is 8.64. The molecule has 0 heterocycles. The molecule has 0 spiro atoms. The summed E-state index contributed by atoms with van der Waals surface area (Å²) in [4.78, 5) is 34.0. The molecule has 1 aromatic rings. The second-order valence-electron chi connectivity index (χ2n) is 3.90. The highest BCUT2D eigenvalue weighted by molar-refractivity contribution is 7.80. The summed E-state index contributed by atoms with van der Waals surface area (Å²) in [5.74, 6) is -1.32. The molecule has 0 aliphatic heterocycles. The predicted molar refractivity (Wildman–Crippen MR) is 79.0 cm³/mol. The van der Waals surface area contributed by atoms with Gasteiger partial charge in [0.1, 0.15) is 0 Å². The molecule has 1 rings (SSSR count). The first-order valence-corrected chi connectivity index (χ1v) is 6.45. The number of methoxy groups -OCH3 is 1. The number of benzene rings is 1. The van der Waals surface area contributed by atoms with Crippen LogP contribution in [0.2, 0.25) is 0 Å². The lowest BCUT2D eigenvalue weighted by atomic mass is 10.2. The molecule has 0 saturated carbocycles. The van der Waals surface area contributed by atoms with Gasteiger partial charge in [0.05, 0.1) is 13.5 Å². The van der Waals surface area contributed by atoms with Gasteiger partial charge in [0.2, 0.25) is 5.91 Å². The number of carbonyl (C=O) groups is 3. The Bertz CT molecular complexity index is 533. The number of hydrogen-bond donors (Lipinski definition) is 3. The molecule has 0 aromatic heterocycles. The van der Waals surface area contributed by atoms with Crippen molar-refractivity contribution in [3.8, 4) is 0 Å². The Hall–Kier alpha value is -2.48. The van der Waals surface area contributed by atoms with Crippen molar-refractivity contribution in [2.45, 2.75) is 12.8 Å². The van der Waals surface area contributed by atoms with E-state index in [1.807, 2.05) is 0 Å². The van der Waals surface area contributed by atoms with Gasteiger partial charge in [-0.25, -0.2) is 0 Å². The molecule has 0 atom stereocenters. The summed E-state index contributed by atoms with van der Waals surface area (Å²) in [6.07, 6.45) is -0.0948. The van der Waals surface area contributed by atoms with E-state index in [4.69, 9.17) is 12.2 Å². The van der Waals surface area contributed by atoms with Crippen molar-refractivity contribution in [2.24, 2.45) is 0 Å². The van der Waals surface area contributed by atoms with E-state index in [1.165, 1.54) is 7.11 Å². The topological polar surface area (TPSA) is 96.5 Å². The molecular weight excluding hydrogens is 294 g/mol. The van der Waals surface area contributed by atoms with Gasteiger partial charge in [-0.1, -0.05) is 18.2 Å². The van der Waals surface area contributed by atoms with Gasteiger partial charge in [-0.15, -0.1) is 0 Å². The number of carbonyl (C=O) groups excluding carboxylic acids is 3. The van der Waals surface area contributed by atoms with Crippen molar-refractivity contribution in [3.63, 3.8) is 0 Å². The van der Waals surface area contributed by atoms with Gasteiger partial charge in [0.15, 0.2) is 5.11 Å². The number of hydrogen-bond acceptors (Lipinski definition) is 5. The number of hydrazine groups is 1. The average Bonchev–Trinajstić information content (AvgIpc) is 2.51. The Morgan fingerprint density at radius 1 is 1.10 bits per heavy atom. The standard InChI is InChI=1S/C13H15N3O4S/c1-20-11(18)8-7-10(17)14-13(21)16-15-12(19)9-5-3-2-4-6-9/h2-6H,7-8H2,1H3,(H,15,19)(H2,14,16,17,21). The quantitative estimate of drug-likeness (QED) is 0.420. The first-order chi connectivity index (χ1) is 10.0. The van der Waals surface area contributed by atoms with Gasteiger partial charge in [-0.3, -0.25) is 25.2 Å². The van der Waals surface area contributed by atoms with Crippen LogP contribution < -0.4 is 16.2 Å². The summed E-state index contributed by atoms with van der Waals surface area (Å²) in [6.45, 7) is 0. The van der Waals surface area contributed by atoms with Crippen LogP contribution >= 0.6 is 12.2 Å². The van der Waals surface area contributed by atoms with Gasteiger partial charge in [0.25, 0.3) is 5.91 Å². The summed E-state index contributed by atoms with van der Waals surface area (Å²) in [5, 5.41) is 2.26. The summed E-state index contributed by atoms with van der Waals surface area (Å²) in [6, 6.07) is 8.50. The first-order valence-electron chi connectivity index (χ1n) is 6.05. The number of esters is 1. The molecule has 1 aromatic carbocycles. The maximum Gasteiger partial charge on any atom is 0.306 e. The van der Waals surface area contributed by atoms with Gasteiger partial charge >= 0.3 is 5.97 Å². The molecule has 0 aliphatic carbocycles. The maximum atomic E-state index is 11.7. The third kappa shape index (κ3) is 6.48. The Balaban J connectivity index is 2.29. The van der Waals surface area contributed by atoms with E-state index in [0.717, 1.165) is 0 Å². The van der Waals surface area contributed by atoms with Crippen LogP contribution in [0.3, 0.4) is 0 Å². The highest BCUT2D eigenvalue weighted by Crippen LogP contribution is 1.96. The molecule has 21 heavy (non-hydrogen) atoms. The molecule has 0 bridgehead atoms. The minimum Gasteiger partial charge on any atom is -0.469 e. The van der Waals surface area contributed by atoms with Gasteiger partial charge in [-0.05, 0) is 24.4 Å². The lowest BCUT2D eigenvalue weighted by Gasteiger charge is -2.10. The molecule has 0 radical (unpaired) electrons.